The number of hydrogen-bond donors (Lipinski definition) is 1. The maximum absolute atomic E-state index is 11.5. The number of carbonyl (C=O) groups is 1. The standard InChI is InChI=1S/C8H7BrN2O2/c9-5-1-2-6-7(12)10-3-4-11(6)8(5)13/h1-2H,3-4H2,(H,10,12). The molecule has 0 saturated carbocycles. The lowest BCUT2D eigenvalue weighted by Crippen LogP contribution is -2.41. The van der Waals surface area contributed by atoms with Gasteiger partial charge in [0.25, 0.3) is 11.5 Å². The third-order valence-electron chi connectivity index (χ3n) is 1.98. The first kappa shape index (κ1) is 8.50. The second-order valence-corrected chi connectivity index (χ2v) is 3.63. The zero-order valence-corrected chi connectivity index (χ0v) is 8.30. The van der Waals surface area contributed by atoms with Crippen molar-refractivity contribution in [2.45, 2.75) is 6.54 Å². The molecular formula is C8H7BrN2O2. The van der Waals surface area contributed by atoms with Gasteiger partial charge in [0, 0.05) is 13.1 Å². The molecule has 1 aromatic rings. The summed E-state index contributed by atoms with van der Waals surface area (Å²) in [6, 6.07) is 3.24. The Kier molecular flexibility index (Phi) is 1.95. The minimum absolute atomic E-state index is 0.146. The van der Waals surface area contributed by atoms with Crippen LogP contribution in [0.2, 0.25) is 0 Å². The van der Waals surface area contributed by atoms with Crippen molar-refractivity contribution in [3.63, 3.8) is 0 Å². The van der Waals surface area contributed by atoms with E-state index in [4.69, 9.17) is 0 Å². The maximum atomic E-state index is 11.5. The minimum Gasteiger partial charge on any atom is -0.349 e. The Morgan fingerprint density at radius 1 is 1.38 bits per heavy atom. The Hall–Kier alpha value is -1.10. The first-order valence-corrected chi connectivity index (χ1v) is 4.67. The minimum atomic E-state index is -0.184. The summed E-state index contributed by atoms with van der Waals surface area (Å²) in [6.07, 6.45) is 0. The van der Waals surface area contributed by atoms with Crippen molar-refractivity contribution in [2.75, 3.05) is 6.54 Å². The molecule has 0 radical (unpaired) electrons. The molecule has 4 nitrogen and oxygen atoms in total. The first-order chi connectivity index (χ1) is 6.20. The molecule has 0 unspecified atom stereocenters. The number of amides is 1. The van der Waals surface area contributed by atoms with E-state index in [1.807, 2.05) is 0 Å². The Morgan fingerprint density at radius 3 is 2.92 bits per heavy atom. The topological polar surface area (TPSA) is 51.1 Å². The van der Waals surface area contributed by atoms with Crippen LogP contribution in [0.5, 0.6) is 0 Å². The molecule has 13 heavy (non-hydrogen) atoms. The van der Waals surface area contributed by atoms with E-state index in [0.717, 1.165) is 0 Å². The number of carbonyl (C=O) groups excluding carboxylic acids is 1. The Balaban J connectivity index is 2.70. The van der Waals surface area contributed by atoms with Gasteiger partial charge < -0.3 is 9.88 Å². The Morgan fingerprint density at radius 2 is 2.15 bits per heavy atom. The summed E-state index contributed by atoms with van der Waals surface area (Å²) >= 11 is 3.13. The van der Waals surface area contributed by atoms with Gasteiger partial charge in [-0.1, -0.05) is 0 Å². The van der Waals surface area contributed by atoms with Crippen LogP contribution in [-0.4, -0.2) is 17.0 Å². The van der Waals surface area contributed by atoms with E-state index in [2.05, 4.69) is 21.2 Å². The summed E-state index contributed by atoms with van der Waals surface area (Å²) in [6.45, 7) is 1.06. The van der Waals surface area contributed by atoms with Crippen LogP contribution >= 0.6 is 15.9 Å². The molecule has 0 spiro atoms. The molecule has 1 aliphatic rings. The molecule has 0 saturated heterocycles. The predicted molar refractivity (Wildman–Crippen MR) is 50.7 cm³/mol. The van der Waals surface area contributed by atoms with Crippen molar-refractivity contribution in [3.05, 3.63) is 32.7 Å². The third kappa shape index (κ3) is 1.29. The fourth-order valence-corrected chi connectivity index (χ4v) is 1.69. The molecule has 1 amide bonds. The molecule has 1 aliphatic heterocycles. The molecule has 0 atom stereocenters. The molecular weight excluding hydrogens is 236 g/mol. The second kappa shape index (κ2) is 2.99. The molecule has 0 aliphatic carbocycles. The van der Waals surface area contributed by atoms with Crippen LogP contribution in [0.25, 0.3) is 0 Å². The van der Waals surface area contributed by atoms with E-state index in [9.17, 15) is 9.59 Å². The molecule has 0 fully saturated rings. The van der Waals surface area contributed by atoms with Crippen molar-refractivity contribution in [2.24, 2.45) is 0 Å². The molecule has 5 heteroatoms. The van der Waals surface area contributed by atoms with E-state index in [-0.39, 0.29) is 11.5 Å². The number of nitrogens with one attached hydrogen (secondary N) is 1. The second-order valence-electron chi connectivity index (χ2n) is 2.78. The van der Waals surface area contributed by atoms with Gasteiger partial charge in [-0.2, -0.15) is 0 Å². The summed E-state index contributed by atoms with van der Waals surface area (Å²) in [5.74, 6) is -0.184. The summed E-state index contributed by atoms with van der Waals surface area (Å²) in [4.78, 5) is 22.8. The number of rotatable bonds is 0. The number of hydrogen-bond acceptors (Lipinski definition) is 2. The van der Waals surface area contributed by atoms with Crippen LogP contribution < -0.4 is 10.9 Å². The Bertz CT molecular complexity index is 425. The van der Waals surface area contributed by atoms with Gasteiger partial charge in [0.1, 0.15) is 5.69 Å². The quantitative estimate of drug-likeness (QED) is 0.715. The molecule has 1 N–H and O–H groups in total. The summed E-state index contributed by atoms with van der Waals surface area (Å²) in [5.41, 5.74) is 0.284. The van der Waals surface area contributed by atoms with E-state index >= 15 is 0 Å². The van der Waals surface area contributed by atoms with E-state index in [1.165, 1.54) is 4.57 Å². The van der Waals surface area contributed by atoms with Crippen molar-refractivity contribution < 1.29 is 4.79 Å². The van der Waals surface area contributed by atoms with Crippen LogP contribution in [0.4, 0.5) is 0 Å². The van der Waals surface area contributed by atoms with Gasteiger partial charge in [-0.05, 0) is 28.1 Å². The van der Waals surface area contributed by atoms with Crippen molar-refractivity contribution in [1.82, 2.24) is 9.88 Å². The number of halogens is 1. The monoisotopic (exact) mass is 242 g/mol. The van der Waals surface area contributed by atoms with Crippen LogP contribution in [0.3, 0.4) is 0 Å². The number of aromatic nitrogens is 1. The van der Waals surface area contributed by atoms with Gasteiger partial charge in [0.05, 0.1) is 4.47 Å². The average Bonchev–Trinajstić information content (AvgIpc) is 2.12. The number of nitrogens with zero attached hydrogens (tertiary/aromatic N) is 1. The fourth-order valence-electron chi connectivity index (χ4n) is 1.34. The van der Waals surface area contributed by atoms with E-state index in [0.29, 0.717) is 23.3 Å². The first-order valence-electron chi connectivity index (χ1n) is 3.87. The van der Waals surface area contributed by atoms with Crippen LogP contribution in [0, 0.1) is 0 Å². The van der Waals surface area contributed by atoms with Gasteiger partial charge in [-0.25, -0.2) is 0 Å². The van der Waals surface area contributed by atoms with Crippen LogP contribution in [0.1, 0.15) is 10.5 Å². The predicted octanol–water partition coefficient (Wildman–Crippen LogP) is 0.354. The zero-order valence-electron chi connectivity index (χ0n) is 6.71. The lowest BCUT2D eigenvalue weighted by Gasteiger charge is -2.18. The summed E-state index contributed by atoms with van der Waals surface area (Å²) in [5, 5.41) is 2.67. The molecule has 0 bridgehead atoms. The van der Waals surface area contributed by atoms with E-state index in [1.54, 1.807) is 12.1 Å². The van der Waals surface area contributed by atoms with Gasteiger partial charge in [0.2, 0.25) is 0 Å². The molecule has 1 aromatic heterocycles. The average molecular weight is 243 g/mol. The normalized spacial score (nSPS) is 15.0. The highest BCUT2D eigenvalue weighted by Gasteiger charge is 2.17. The Labute approximate surface area is 82.7 Å². The van der Waals surface area contributed by atoms with Gasteiger partial charge in [0.15, 0.2) is 0 Å². The lowest BCUT2D eigenvalue weighted by atomic mass is 10.2. The maximum Gasteiger partial charge on any atom is 0.268 e. The van der Waals surface area contributed by atoms with Crippen molar-refractivity contribution in [1.29, 1.82) is 0 Å². The summed E-state index contributed by atoms with van der Waals surface area (Å²) < 4.78 is 1.97. The smallest absolute Gasteiger partial charge is 0.268 e. The highest BCUT2D eigenvalue weighted by atomic mass is 79.9. The third-order valence-corrected chi connectivity index (χ3v) is 2.58. The highest BCUT2D eigenvalue weighted by Crippen LogP contribution is 2.07. The number of fused-ring (bicyclic) bond motifs is 1. The molecule has 0 aromatic carbocycles. The highest BCUT2D eigenvalue weighted by molar-refractivity contribution is 9.10. The van der Waals surface area contributed by atoms with Crippen LogP contribution in [-0.2, 0) is 6.54 Å². The SMILES string of the molecule is O=C1NCCn2c1ccc(Br)c2=O. The molecule has 68 valence electrons. The van der Waals surface area contributed by atoms with Gasteiger partial charge in [-0.15, -0.1) is 0 Å². The fraction of sp³-hybridized carbons (Fsp3) is 0.250. The van der Waals surface area contributed by atoms with Crippen molar-refractivity contribution >= 4 is 21.8 Å². The van der Waals surface area contributed by atoms with Crippen molar-refractivity contribution in [3.8, 4) is 0 Å². The number of pyridine rings is 1. The zero-order chi connectivity index (χ0) is 9.42. The summed E-state index contributed by atoms with van der Waals surface area (Å²) in [7, 11) is 0. The van der Waals surface area contributed by atoms with Crippen LogP contribution in [0.15, 0.2) is 21.4 Å². The molecule has 2 heterocycles. The van der Waals surface area contributed by atoms with Gasteiger partial charge >= 0.3 is 0 Å². The van der Waals surface area contributed by atoms with E-state index < -0.39 is 0 Å². The largest absolute Gasteiger partial charge is 0.349 e. The van der Waals surface area contributed by atoms with Gasteiger partial charge in [-0.3, -0.25) is 9.59 Å². The lowest BCUT2D eigenvalue weighted by molar-refractivity contribution is 0.0925. The molecule has 2 rings (SSSR count).